The number of aromatic nitrogens is 3. The Kier molecular flexibility index (Phi) is 5.35. The molecule has 21 heavy (non-hydrogen) atoms. The van der Waals surface area contributed by atoms with Crippen LogP contribution in [0.25, 0.3) is 0 Å². The van der Waals surface area contributed by atoms with E-state index in [1.165, 1.54) is 6.07 Å². The normalized spacial score (nSPS) is 12.6. The second-order valence-corrected chi connectivity index (χ2v) is 5.24. The number of benzene rings is 1. The molecule has 0 bridgehead atoms. The van der Waals surface area contributed by atoms with Gasteiger partial charge in [-0.25, -0.2) is 18.2 Å². The minimum atomic E-state index is -1.50. The molecule has 0 saturated carbocycles. The van der Waals surface area contributed by atoms with Crippen LogP contribution in [0.5, 0.6) is 0 Å². The number of nitrogens with one attached hydrogen (secondary N) is 1. The standard InChI is InChI=1S/C13H13BrF3N3O/c14-13-18-12(19-20-13)8(3-1-2-6-21)7-4-5-9(15)11(17)10(7)16/h4-5,8,21H,1-3,6H2,(H,18,19,20). The van der Waals surface area contributed by atoms with Gasteiger partial charge in [-0.1, -0.05) is 12.5 Å². The van der Waals surface area contributed by atoms with Crippen molar-refractivity contribution in [2.24, 2.45) is 0 Å². The van der Waals surface area contributed by atoms with Gasteiger partial charge in [-0.05, 0) is 34.8 Å². The van der Waals surface area contributed by atoms with E-state index in [0.29, 0.717) is 29.8 Å². The van der Waals surface area contributed by atoms with Gasteiger partial charge in [0.2, 0.25) is 4.73 Å². The van der Waals surface area contributed by atoms with Crippen molar-refractivity contribution in [1.29, 1.82) is 0 Å². The summed E-state index contributed by atoms with van der Waals surface area (Å²) in [6.45, 7) is 0.00702. The predicted octanol–water partition coefficient (Wildman–Crippen LogP) is 3.28. The molecule has 4 nitrogen and oxygen atoms in total. The van der Waals surface area contributed by atoms with Crippen LogP contribution in [-0.2, 0) is 0 Å². The molecule has 1 aromatic heterocycles. The number of hydrogen-bond acceptors (Lipinski definition) is 3. The highest BCUT2D eigenvalue weighted by molar-refractivity contribution is 9.10. The lowest BCUT2D eigenvalue weighted by atomic mass is 9.92. The van der Waals surface area contributed by atoms with E-state index >= 15 is 0 Å². The molecule has 0 aliphatic carbocycles. The van der Waals surface area contributed by atoms with Crippen molar-refractivity contribution in [3.05, 3.63) is 45.7 Å². The number of aliphatic hydroxyl groups excluding tert-OH is 1. The lowest BCUT2D eigenvalue weighted by Crippen LogP contribution is -2.09. The van der Waals surface area contributed by atoms with Crippen LogP contribution >= 0.6 is 15.9 Å². The minimum Gasteiger partial charge on any atom is -0.396 e. The van der Waals surface area contributed by atoms with E-state index < -0.39 is 23.4 Å². The summed E-state index contributed by atoms with van der Waals surface area (Å²) < 4.78 is 40.7. The van der Waals surface area contributed by atoms with Gasteiger partial charge in [-0.15, -0.1) is 5.10 Å². The van der Waals surface area contributed by atoms with E-state index in [0.717, 1.165) is 6.07 Å². The Bertz CT molecular complexity index is 621. The zero-order valence-electron chi connectivity index (χ0n) is 10.9. The number of hydrogen-bond donors (Lipinski definition) is 2. The van der Waals surface area contributed by atoms with E-state index in [-0.39, 0.29) is 12.2 Å². The summed E-state index contributed by atoms with van der Waals surface area (Å²) in [5, 5.41) is 15.3. The number of aliphatic hydroxyl groups is 1. The first-order chi connectivity index (χ1) is 10.0. The third-order valence-corrected chi connectivity index (χ3v) is 3.50. The first kappa shape index (κ1) is 16.0. The molecular formula is C13H13BrF3N3O. The van der Waals surface area contributed by atoms with Crippen LogP contribution in [0.1, 0.15) is 36.6 Å². The fourth-order valence-corrected chi connectivity index (χ4v) is 2.40. The summed E-state index contributed by atoms with van der Waals surface area (Å²) >= 11 is 3.08. The molecular weight excluding hydrogens is 351 g/mol. The average molecular weight is 364 g/mol. The van der Waals surface area contributed by atoms with E-state index in [9.17, 15) is 13.2 Å². The number of unbranched alkanes of at least 4 members (excludes halogenated alkanes) is 1. The molecule has 0 aliphatic rings. The Balaban J connectivity index is 2.37. The summed E-state index contributed by atoms with van der Waals surface area (Å²) in [4.78, 5) is 4.06. The number of rotatable bonds is 6. The second-order valence-electron chi connectivity index (χ2n) is 4.53. The number of nitrogens with zero attached hydrogens (tertiary/aromatic N) is 2. The van der Waals surface area contributed by atoms with Crippen LogP contribution in [0.4, 0.5) is 13.2 Å². The van der Waals surface area contributed by atoms with E-state index in [2.05, 4.69) is 31.1 Å². The molecule has 2 rings (SSSR count). The second kappa shape index (κ2) is 7.04. The largest absolute Gasteiger partial charge is 0.396 e. The third-order valence-electron chi connectivity index (χ3n) is 3.15. The third kappa shape index (κ3) is 3.62. The summed E-state index contributed by atoms with van der Waals surface area (Å²) in [6, 6.07) is 2.09. The quantitative estimate of drug-likeness (QED) is 0.611. The maximum absolute atomic E-state index is 14.0. The number of aromatic amines is 1. The fourth-order valence-electron chi connectivity index (χ4n) is 2.12. The summed E-state index contributed by atoms with van der Waals surface area (Å²) in [7, 11) is 0. The van der Waals surface area contributed by atoms with Crippen LogP contribution in [0.15, 0.2) is 16.9 Å². The number of H-pyrrole nitrogens is 1. The molecule has 0 fully saturated rings. The summed E-state index contributed by atoms with van der Waals surface area (Å²) in [5.74, 6) is -4.20. The molecule has 0 amide bonds. The van der Waals surface area contributed by atoms with Crippen molar-refractivity contribution < 1.29 is 18.3 Å². The van der Waals surface area contributed by atoms with Crippen molar-refractivity contribution in [2.45, 2.75) is 25.2 Å². The van der Waals surface area contributed by atoms with Gasteiger partial charge in [-0.3, -0.25) is 5.10 Å². The SMILES string of the molecule is OCCCCC(c1nc(Br)n[nH]1)c1ccc(F)c(F)c1F. The molecule has 1 aromatic carbocycles. The first-order valence-electron chi connectivity index (χ1n) is 6.36. The van der Waals surface area contributed by atoms with Crippen molar-refractivity contribution in [3.8, 4) is 0 Å². The molecule has 0 saturated heterocycles. The molecule has 0 radical (unpaired) electrons. The lowest BCUT2D eigenvalue weighted by Gasteiger charge is -2.15. The Hall–Kier alpha value is -1.41. The lowest BCUT2D eigenvalue weighted by molar-refractivity contribution is 0.281. The highest BCUT2D eigenvalue weighted by atomic mass is 79.9. The Morgan fingerprint density at radius 3 is 2.57 bits per heavy atom. The van der Waals surface area contributed by atoms with Crippen molar-refractivity contribution >= 4 is 15.9 Å². The minimum absolute atomic E-state index is 0.00702. The molecule has 1 unspecified atom stereocenters. The molecule has 114 valence electrons. The van der Waals surface area contributed by atoms with Gasteiger partial charge in [0.1, 0.15) is 5.82 Å². The van der Waals surface area contributed by atoms with E-state index in [1.807, 2.05) is 0 Å². The van der Waals surface area contributed by atoms with Crippen LogP contribution in [0.2, 0.25) is 0 Å². The van der Waals surface area contributed by atoms with Crippen molar-refractivity contribution in [1.82, 2.24) is 15.2 Å². The predicted molar refractivity (Wildman–Crippen MR) is 73.2 cm³/mol. The van der Waals surface area contributed by atoms with Gasteiger partial charge >= 0.3 is 0 Å². The fraction of sp³-hybridized carbons (Fsp3) is 0.385. The number of halogens is 4. The zero-order chi connectivity index (χ0) is 15.4. The molecule has 1 heterocycles. The van der Waals surface area contributed by atoms with E-state index in [1.54, 1.807) is 0 Å². The van der Waals surface area contributed by atoms with Crippen molar-refractivity contribution in [2.75, 3.05) is 6.61 Å². The van der Waals surface area contributed by atoms with Crippen LogP contribution in [0.3, 0.4) is 0 Å². The summed E-state index contributed by atoms with van der Waals surface area (Å²) in [5.41, 5.74) is 0.00971. The maximum atomic E-state index is 14.0. The van der Waals surface area contributed by atoms with Gasteiger partial charge in [0, 0.05) is 18.1 Å². The molecule has 8 heteroatoms. The molecule has 1 atom stereocenters. The topological polar surface area (TPSA) is 61.8 Å². The van der Waals surface area contributed by atoms with Crippen LogP contribution in [0, 0.1) is 17.5 Å². The zero-order valence-corrected chi connectivity index (χ0v) is 12.5. The molecule has 2 N–H and O–H groups in total. The maximum Gasteiger partial charge on any atom is 0.217 e. The van der Waals surface area contributed by atoms with Gasteiger partial charge in [0.15, 0.2) is 17.5 Å². The van der Waals surface area contributed by atoms with Crippen LogP contribution < -0.4 is 0 Å². The Labute approximate surface area is 127 Å². The highest BCUT2D eigenvalue weighted by Crippen LogP contribution is 2.31. The van der Waals surface area contributed by atoms with Gasteiger partial charge in [0.25, 0.3) is 0 Å². The highest BCUT2D eigenvalue weighted by Gasteiger charge is 2.24. The van der Waals surface area contributed by atoms with E-state index in [4.69, 9.17) is 5.11 Å². The molecule has 0 aliphatic heterocycles. The monoisotopic (exact) mass is 363 g/mol. The van der Waals surface area contributed by atoms with Crippen molar-refractivity contribution in [3.63, 3.8) is 0 Å². The van der Waals surface area contributed by atoms with Gasteiger partial charge in [-0.2, -0.15) is 0 Å². The van der Waals surface area contributed by atoms with Crippen LogP contribution in [-0.4, -0.2) is 26.9 Å². The molecule has 0 spiro atoms. The smallest absolute Gasteiger partial charge is 0.217 e. The Morgan fingerprint density at radius 1 is 1.19 bits per heavy atom. The molecule has 2 aromatic rings. The average Bonchev–Trinajstić information content (AvgIpc) is 2.89. The van der Waals surface area contributed by atoms with Gasteiger partial charge in [0.05, 0.1) is 0 Å². The van der Waals surface area contributed by atoms with Gasteiger partial charge < -0.3 is 5.11 Å². The summed E-state index contributed by atoms with van der Waals surface area (Å²) in [6.07, 6.45) is 1.53. The first-order valence-corrected chi connectivity index (χ1v) is 7.16. The Morgan fingerprint density at radius 2 is 1.95 bits per heavy atom.